The molecule has 5 nitrogen and oxygen atoms in total. The van der Waals surface area contributed by atoms with E-state index in [9.17, 15) is 22.4 Å². The van der Waals surface area contributed by atoms with Crippen LogP contribution in [0.2, 0.25) is 0 Å². The fourth-order valence-corrected chi connectivity index (χ4v) is 3.32. The number of anilines is 1. The summed E-state index contributed by atoms with van der Waals surface area (Å²) in [7, 11) is 0. The fraction of sp³-hybridized carbons (Fsp3) is 0.526. The summed E-state index contributed by atoms with van der Waals surface area (Å²) < 4.78 is 54.5. The molecule has 0 fully saturated rings. The van der Waals surface area contributed by atoms with Crippen LogP contribution in [-0.2, 0) is 17.8 Å². The van der Waals surface area contributed by atoms with Crippen LogP contribution in [0.4, 0.5) is 23.4 Å². The smallest absolute Gasteiger partial charge is 0.309 e. The van der Waals surface area contributed by atoms with Crippen molar-refractivity contribution in [2.24, 2.45) is 11.3 Å². The predicted octanol–water partition coefficient (Wildman–Crippen LogP) is 4.58. The predicted molar refractivity (Wildman–Crippen MR) is 96.0 cm³/mol. The molecule has 28 heavy (non-hydrogen) atoms. The van der Waals surface area contributed by atoms with Crippen LogP contribution < -0.4 is 5.32 Å². The molecule has 1 aliphatic rings. The van der Waals surface area contributed by atoms with Gasteiger partial charge in [0, 0.05) is 19.4 Å². The lowest BCUT2D eigenvalue weighted by molar-refractivity contribution is -0.179. The van der Waals surface area contributed by atoms with Crippen molar-refractivity contribution in [2.45, 2.75) is 52.8 Å². The summed E-state index contributed by atoms with van der Waals surface area (Å²) in [5.41, 5.74) is 0.672. The molecule has 2 aromatic heterocycles. The van der Waals surface area contributed by atoms with E-state index in [2.05, 4.69) is 15.4 Å². The first-order valence-electron chi connectivity index (χ1n) is 9.02. The fourth-order valence-electron chi connectivity index (χ4n) is 3.32. The third-order valence-corrected chi connectivity index (χ3v) is 4.58. The van der Waals surface area contributed by atoms with Crippen molar-refractivity contribution in [1.82, 2.24) is 14.8 Å². The van der Waals surface area contributed by atoms with E-state index in [4.69, 9.17) is 0 Å². The summed E-state index contributed by atoms with van der Waals surface area (Å²) in [5.74, 6) is -2.19. The van der Waals surface area contributed by atoms with Crippen molar-refractivity contribution >= 4 is 11.7 Å². The number of hydrogen-bond acceptors (Lipinski definition) is 3. The molecular weight excluding hydrogens is 376 g/mol. The van der Waals surface area contributed by atoms with Gasteiger partial charge in [0.25, 0.3) is 0 Å². The molecule has 152 valence electrons. The molecule has 0 aliphatic carbocycles. The van der Waals surface area contributed by atoms with E-state index in [1.54, 1.807) is 0 Å². The van der Waals surface area contributed by atoms with Gasteiger partial charge in [0.1, 0.15) is 5.82 Å². The minimum Gasteiger partial charge on any atom is -0.309 e. The Hall–Kier alpha value is -2.45. The number of carbonyl (C=O) groups is 1. The first kappa shape index (κ1) is 20.3. The molecule has 0 spiro atoms. The largest absolute Gasteiger partial charge is 0.392 e. The zero-order valence-electron chi connectivity index (χ0n) is 15.9. The SMILES string of the molecule is CC(C)(C)CC(=O)Nc1nn2c(c1-c1ccc(F)cn1)CC(C(F)(F)F)CC2. The van der Waals surface area contributed by atoms with Gasteiger partial charge >= 0.3 is 6.18 Å². The Morgan fingerprint density at radius 3 is 2.57 bits per heavy atom. The highest BCUT2D eigenvalue weighted by molar-refractivity contribution is 5.94. The Morgan fingerprint density at radius 2 is 2.00 bits per heavy atom. The zero-order valence-corrected chi connectivity index (χ0v) is 15.9. The van der Waals surface area contributed by atoms with Crippen molar-refractivity contribution < 1.29 is 22.4 Å². The van der Waals surface area contributed by atoms with E-state index >= 15 is 0 Å². The van der Waals surface area contributed by atoms with Gasteiger partial charge in [-0.25, -0.2) is 4.39 Å². The highest BCUT2D eigenvalue weighted by Gasteiger charge is 2.43. The van der Waals surface area contributed by atoms with Gasteiger partial charge in [0.05, 0.1) is 29.1 Å². The lowest BCUT2D eigenvalue weighted by Gasteiger charge is -2.25. The summed E-state index contributed by atoms with van der Waals surface area (Å²) in [6, 6.07) is 2.56. The molecule has 0 aromatic carbocycles. The van der Waals surface area contributed by atoms with Gasteiger partial charge in [-0.15, -0.1) is 0 Å². The number of carbonyl (C=O) groups excluding carboxylic acids is 1. The van der Waals surface area contributed by atoms with Crippen LogP contribution in [0, 0.1) is 17.2 Å². The summed E-state index contributed by atoms with van der Waals surface area (Å²) >= 11 is 0. The van der Waals surface area contributed by atoms with Crippen LogP contribution in [0.3, 0.4) is 0 Å². The molecule has 0 radical (unpaired) electrons. The summed E-state index contributed by atoms with van der Waals surface area (Å²) in [6.07, 6.45) is -3.45. The average Bonchev–Trinajstić information content (AvgIpc) is 2.89. The Bertz CT molecular complexity index is 866. The number of pyridine rings is 1. The Morgan fingerprint density at radius 1 is 1.29 bits per heavy atom. The number of hydrogen-bond donors (Lipinski definition) is 1. The number of aryl methyl sites for hydroxylation is 1. The molecule has 1 N–H and O–H groups in total. The molecule has 1 aliphatic heterocycles. The van der Waals surface area contributed by atoms with Crippen molar-refractivity contribution in [3.8, 4) is 11.3 Å². The molecular formula is C19H22F4N4O. The Balaban J connectivity index is 2.02. The maximum atomic E-state index is 13.3. The van der Waals surface area contributed by atoms with Gasteiger partial charge in [-0.3, -0.25) is 14.5 Å². The van der Waals surface area contributed by atoms with Crippen molar-refractivity contribution in [3.05, 3.63) is 29.8 Å². The van der Waals surface area contributed by atoms with Gasteiger partial charge in [0.15, 0.2) is 5.82 Å². The van der Waals surface area contributed by atoms with Gasteiger partial charge < -0.3 is 5.32 Å². The third-order valence-electron chi connectivity index (χ3n) is 4.58. The van der Waals surface area contributed by atoms with Crippen LogP contribution in [0.25, 0.3) is 11.3 Å². The minimum absolute atomic E-state index is 0.0795. The van der Waals surface area contributed by atoms with Crippen LogP contribution in [0.5, 0.6) is 0 Å². The summed E-state index contributed by atoms with van der Waals surface area (Å²) in [5, 5.41) is 7.02. The Labute approximate surface area is 160 Å². The van der Waals surface area contributed by atoms with E-state index in [0.29, 0.717) is 11.3 Å². The molecule has 3 rings (SSSR count). The lowest BCUT2D eigenvalue weighted by atomic mass is 9.91. The van der Waals surface area contributed by atoms with Crippen molar-refractivity contribution in [2.75, 3.05) is 5.32 Å². The van der Waals surface area contributed by atoms with Crippen LogP contribution in [0.15, 0.2) is 18.3 Å². The summed E-state index contributed by atoms with van der Waals surface area (Å²) in [4.78, 5) is 16.4. The van der Waals surface area contributed by atoms with Crippen molar-refractivity contribution in [3.63, 3.8) is 0 Å². The maximum absolute atomic E-state index is 13.3. The second kappa shape index (κ2) is 7.18. The van der Waals surface area contributed by atoms with E-state index in [1.807, 2.05) is 20.8 Å². The number of fused-ring (bicyclic) bond motifs is 1. The standard InChI is InChI=1S/C19H22F4N4O/c1-18(2,3)9-15(28)25-17-16(13-5-4-12(20)10-24-13)14-8-11(19(21,22)23)6-7-27(14)26-17/h4-5,10-11H,6-9H2,1-3H3,(H,25,26,28). The molecule has 2 aromatic rings. The number of alkyl halides is 3. The number of halogens is 4. The second-order valence-electron chi connectivity index (χ2n) is 8.27. The molecule has 0 bridgehead atoms. The first-order valence-corrected chi connectivity index (χ1v) is 9.02. The summed E-state index contributed by atoms with van der Waals surface area (Å²) in [6.45, 7) is 5.80. The van der Waals surface area contributed by atoms with Crippen LogP contribution in [0.1, 0.15) is 39.3 Å². The molecule has 3 heterocycles. The molecule has 0 saturated carbocycles. The minimum atomic E-state index is -4.32. The number of aromatic nitrogens is 3. The van der Waals surface area contributed by atoms with E-state index in [-0.39, 0.29) is 48.6 Å². The normalized spacial score (nSPS) is 17.3. The van der Waals surface area contributed by atoms with E-state index in [1.165, 1.54) is 16.8 Å². The second-order valence-corrected chi connectivity index (χ2v) is 8.27. The monoisotopic (exact) mass is 398 g/mol. The number of nitrogens with zero attached hydrogens (tertiary/aromatic N) is 3. The van der Waals surface area contributed by atoms with Crippen LogP contribution >= 0.6 is 0 Å². The molecule has 9 heteroatoms. The quantitative estimate of drug-likeness (QED) is 0.770. The van der Waals surface area contributed by atoms with Crippen LogP contribution in [-0.4, -0.2) is 26.8 Å². The van der Waals surface area contributed by atoms with Gasteiger partial charge in [-0.2, -0.15) is 18.3 Å². The number of nitrogens with one attached hydrogen (secondary N) is 1. The first-order chi connectivity index (χ1) is 12.9. The maximum Gasteiger partial charge on any atom is 0.392 e. The molecule has 1 atom stereocenters. The topological polar surface area (TPSA) is 59.8 Å². The van der Waals surface area contributed by atoms with Gasteiger partial charge in [-0.05, 0) is 24.0 Å². The number of amides is 1. The van der Waals surface area contributed by atoms with Gasteiger partial charge in [0.2, 0.25) is 5.91 Å². The van der Waals surface area contributed by atoms with E-state index in [0.717, 1.165) is 6.20 Å². The molecule has 1 unspecified atom stereocenters. The average molecular weight is 398 g/mol. The Kier molecular flexibility index (Phi) is 5.20. The van der Waals surface area contributed by atoms with E-state index < -0.39 is 17.9 Å². The molecule has 1 amide bonds. The molecule has 0 saturated heterocycles. The lowest BCUT2D eigenvalue weighted by Crippen LogP contribution is -2.31. The van der Waals surface area contributed by atoms with Gasteiger partial charge in [-0.1, -0.05) is 20.8 Å². The highest BCUT2D eigenvalue weighted by atomic mass is 19.4. The number of rotatable bonds is 3. The van der Waals surface area contributed by atoms with Crippen molar-refractivity contribution in [1.29, 1.82) is 0 Å². The third kappa shape index (κ3) is 4.51. The highest BCUT2D eigenvalue weighted by Crippen LogP contribution is 2.40. The zero-order chi connectivity index (χ0) is 20.7.